The van der Waals surface area contributed by atoms with E-state index < -0.39 is 0 Å². The van der Waals surface area contributed by atoms with Crippen molar-refractivity contribution < 1.29 is 5.11 Å². The second kappa shape index (κ2) is 17.0. The summed E-state index contributed by atoms with van der Waals surface area (Å²) in [4.78, 5) is 0. The van der Waals surface area contributed by atoms with E-state index in [1.807, 2.05) is 0 Å². The molecule has 1 heteroatoms. The Morgan fingerprint density at radius 1 is 0.500 bits per heavy atom. The standard InChI is InChI=1S/C19H40O/c1-3-5-6-7-8-9-10-11-12-13-14-15-16-18-19(20)17-4-2/h19-20H,3-18H2,1-2H3. The van der Waals surface area contributed by atoms with Crippen LogP contribution in [0.4, 0.5) is 0 Å². The number of unbranched alkanes of at least 4 members (excludes halogenated alkanes) is 12. The molecule has 122 valence electrons. The molecule has 20 heavy (non-hydrogen) atoms. The zero-order valence-electron chi connectivity index (χ0n) is 14.3. The Bertz CT molecular complexity index is 167. The lowest BCUT2D eigenvalue weighted by molar-refractivity contribution is 0.150. The van der Waals surface area contributed by atoms with Crippen LogP contribution in [0.1, 0.15) is 117 Å². The molecule has 0 aliphatic heterocycles. The van der Waals surface area contributed by atoms with E-state index in [0.29, 0.717) is 0 Å². The van der Waals surface area contributed by atoms with E-state index in [0.717, 1.165) is 19.3 Å². The van der Waals surface area contributed by atoms with Crippen LogP contribution in [0.3, 0.4) is 0 Å². The van der Waals surface area contributed by atoms with Crippen molar-refractivity contribution in [2.75, 3.05) is 0 Å². The quantitative estimate of drug-likeness (QED) is 0.315. The van der Waals surface area contributed by atoms with Gasteiger partial charge in [-0.3, -0.25) is 0 Å². The van der Waals surface area contributed by atoms with Crippen LogP contribution in [0, 0.1) is 0 Å². The van der Waals surface area contributed by atoms with Gasteiger partial charge in [-0.05, 0) is 12.8 Å². The average molecular weight is 285 g/mol. The summed E-state index contributed by atoms with van der Waals surface area (Å²) in [5.41, 5.74) is 0. The molecular formula is C19H40O. The number of aliphatic hydroxyl groups excluding tert-OH is 1. The van der Waals surface area contributed by atoms with Crippen molar-refractivity contribution >= 4 is 0 Å². The maximum atomic E-state index is 9.63. The molecule has 0 bridgehead atoms. The lowest BCUT2D eigenvalue weighted by Gasteiger charge is -2.08. The Kier molecular flexibility index (Phi) is 17.0. The maximum absolute atomic E-state index is 9.63. The highest BCUT2D eigenvalue weighted by Crippen LogP contribution is 2.14. The van der Waals surface area contributed by atoms with E-state index in [1.54, 1.807) is 0 Å². The minimum atomic E-state index is -0.0345. The fraction of sp³-hybridized carbons (Fsp3) is 1.00. The van der Waals surface area contributed by atoms with Gasteiger partial charge in [0.15, 0.2) is 0 Å². The summed E-state index contributed by atoms with van der Waals surface area (Å²) in [5.74, 6) is 0. The summed E-state index contributed by atoms with van der Waals surface area (Å²) >= 11 is 0. The Morgan fingerprint density at radius 2 is 0.900 bits per heavy atom. The predicted molar refractivity (Wildman–Crippen MR) is 91.2 cm³/mol. The molecule has 0 aromatic carbocycles. The molecule has 0 aromatic heterocycles. The van der Waals surface area contributed by atoms with Gasteiger partial charge in [0.25, 0.3) is 0 Å². The normalized spacial score (nSPS) is 12.8. The van der Waals surface area contributed by atoms with E-state index in [2.05, 4.69) is 13.8 Å². The van der Waals surface area contributed by atoms with Crippen molar-refractivity contribution in [3.8, 4) is 0 Å². The first-order valence-electron chi connectivity index (χ1n) is 9.49. The second-order valence-corrected chi connectivity index (χ2v) is 6.47. The van der Waals surface area contributed by atoms with Crippen LogP contribution < -0.4 is 0 Å². The van der Waals surface area contributed by atoms with Gasteiger partial charge in [-0.15, -0.1) is 0 Å². The van der Waals surface area contributed by atoms with Crippen LogP contribution >= 0.6 is 0 Å². The first-order valence-corrected chi connectivity index (χ1v) is 9.49. The molecule has 0 saturated carbocycles. The predicted octanol–water partition coefficient (Wildman–Crippen LogP) is 6.63. The van der Waals surface area contributed by atoms with Gasteiger partial charge in [-0.2, -0.15) is 0 Å². The summed E-state index contributed by atoms with van der Waals surface area (Å²) in [6.07, 6.45) is 21.3. The number of hydrogen-bond acceptors (Lipinski definition) is 1. The Balaban J connectivity index is 2.99. The van der Waals surface area contributed by atoms with Crippen molar-refractivity contribution in [3.63, 3.8) is 0 Å². The summed E-state index contributed by atoms with van der Waals surface area (Å²) in [6, 6.07) is 0. The third-order valence-corrected chi connectivity index (χ3v) is 4.26. The monoisotopic (exact) mass is 284 g/mol. The number of aliphatic hydroxyl groups is 1. The summed E-state index contributed by atoms with van der Waals surface area (Å²) < 4.78 is 0. The molecule has 1 N–H and O–H groups in total. The van der Waals surface area contributed by atoms with Crippen LogP contribution in [0.5, 0.6) is 0 Å². The van der Waals surface area contributed by atoms with Crippen LogP contribution in [0.15, 0.2) is 0 Å². The average Bonchev–Trinajstić information content (AvgIpc) is 2.44. The molecule has 0 rings (SSSR count). The Labute approximate surface area is 128 Å². The van der Waals surface area contributed by atoms with Crippen molar-refractivity contribution in [2.45, 2.75) is 123 Å². The molecule has 1 unspecified atom stereocenters. The third-order valence-electron chi connectivity index (χ3n) is 4.26. The smallest absolute Gasteiger partial charge is 0.0540 e. The highest BCUT2D eigenvalue weighted by molar-refractivity contribution is 4.55. The number of hydrogen-bond donors (Lipinski definition) is 1. The Morgan fingerprint density at radius 3 is 1.30 bits per heavy atom. The first kappa shape index (κ1) is 20.0. The lowest BCUT2D eigenvalue weighted by atomic mass is 10.0. The minimum Gasteiger partial charge on any atom is -0.393 e. The molecule has 1 nitrogen and oxygen atoms in total. The van der Waals surface area contributed by atoms with Gasteiger partial charge in [0.2, 0.25) is 0 Å². The van der Waals surface area contributed by atoms with E-state index in [1.165, 1.54) is 83.5 Å². The largest absolute Gasteiger partial charge is 0.393 e. The van der Waals surface area contributed by atoms with Gasteiger partial charge >= 0.3 is 0 Å². The van der Waals surface area contributed by atoms with Gasteiger partial charge in [-0.1, -0.05) is 104 Å². The van der Waals surface area contributed by atoms with Crippen molar-refractivity contribution in [3.05, 3.63) is 0 Å². The maximum Gasteiger partial charge on any atom is 0.0540 e. The van der Waals surface area contributed by atoms with Crippen LogP contribution in [-0.2, 0) is 0 Å². The molecule has 1 atom stereocenters. The SMILES string of the molecule is CCCCCCCCCCCCCCCC(O)CCC. The highest BCUT2D eigenvalue weighted by Gasteiger charge is 2.01. The molecule has 0 aromatic rings. The van der Waals surface area contributed by atoms with Crippen molar-refractivity contribution in [2.24, 2.45) is 0 Å². The minimum absolute atomic E-state index is 0.0345. The van der Waals surface area contributed by atoms with Gasteiger partial charge in [0.1, 0.15) is 0 Å². The Hall–Kier alpha value is -0.0400. The van der Waals surface area contributed by atoms with Crippen molar-refractivity contribution in [1.82, 2.24) is 0 Å². The fourth-order valence-corrected chi connectivity index (χ4v) is 2.88. The van der Waals surface area contributed by atoms with E-state index >= 15 is 0 Å². The molecule has 0 amide bonds. The zero-order valence-corrected chi connectivity index (χ0v) is 14.3. The lowest BCUT2D eigenvalue weighted by Crippen LogP contribution is -2.04. The van der Waals surface area contributed by atoms with Gasteiger partial charge in [-0.25, -0.2) is 0 Å². The van der Waals surface area contributed by atoms with Crippen LogP contribution in [0.2, 0.25) is 0 Å². The molecule has 0 radical (unpaired) electrons. The van der Waals surface area contributed by atoms with Gasteiger partial charge in [0, 0.05) is 0 Å². The van der Waals surface area contributed by atoms with Gasteiger partial charge in [0.05, 0.1) is 6.10 Å². The fourth-order valence-electron chi connectivity index (χ4n) is 2.88. The van der Waals surface area contributed by atoms with E-state index in [4.69, 9.17) is 0 Å². The molecule has 0 spiro atoms. The van der Waals surface area contributed by atoms with E-state index in [-0.39, 0.29) is 6.10 Å². The number of rotatable bonds is 16. The van der Waals surface area contributed by atoms with Crippen LogP contribution in [-0.4, -0.2) is 11.2 Å². The molecule has 0 saturated heterocycles. The summed E-state index contributed by atoms with van der Waals surface area (Å²) in [5, 5.41) is 9.63. The first-order chi connectivity index (χ1) is 9.81. The molecule has 0 aliphatic rings. The molecular weight excluding hydrogens is 244 g/mol. The molecule has 0 fully saturated rings. The zero-order chi connectivity index (χ0) is 14.9. The van der Waals surface area contributed by atoms with Crippen molar-refractivity contribution in [1.29, 1.82) is 0 Å². The van der Waals surface area contributed by atoms with Gasteiger partial charge < -0.3 is 5.11 Å². The summed E-state index contributed by atoms with van der Waals surface area (Å²) in [6.45, 7) is 4.43. The molecule has 0 heterocycles. The molecule has 0 aliphatic carbocycles. The van der Waals surface area contributed by atoms with Crippen LogP contribution in [0.25, 0.3) is 0 Å². The summed E-state index contributed by atoms with van der Waals surface area (Å²) in [7, 11) is 0. The van der Waals surface area contributed by atoms with E-state index in [9.17, 15) is 5.11 Å². The topological polar surface area (TPSA) is 20.2 Å². The third kappa shape index (κ3) is 16.0. The highest BCUT2D eigenvalue weighted by atomic mass is 16.3. The second-order valence-electron chi connectivity index (χ2n) is 6.47.